The fraction of sp³-hybridized carbons (Fsp3) is 0.0714. The number of hydrogen-bond donors (Lipinski definition) is 0. The molecule has 0 radical (unpaired) electrons. The molecule has 2 aromatic rings. The van der Waals surface area contributed by atoms with Crippen LogP contribution in [-0.2, 0) is 0 Å². The first kappa shape index (κ1) is 13.8. The predicted octanol–water partition coefficient (Wildman–Crippen LogP) is 4.37. The van der Waals surface area contributed by atoms with Crippen LogP contribution in [0, 0.1) is 5.82 Å². The molecule has 0 saturated carbocycles. The Morgan fingerprint density at radius 3 is 2.32 bits per heavy atom. The molecule has 5 heteroatoms. The molecule has 0 spiro atoms. The topological polar surface area (TPSA) is 26.3 Å². The van der Waals surface area contributed by atoms with E-state index in [1.165, 1.54) is 25.3 Å². The van der Waals surface area contributed by atoms with E-state index in [1.54, 1.807) is 12.1 Å². The Labute approximate surface area is 119 Å². The van der Waals surface area contributed by atoms with Gasteiger partial charge in [0, 0.05) is 11.1 Å². The summed E-state index contributed by atoms with van der Waals surface area (Å²) in [5, 5.41) is 0.322. The summed E-state index contributed by atoms with van der Waals surface area (Å²) in [6.07, 6.45) is 0. The summed E-state index contributed by atoms with van der Waals surface area (Å²) in [5.41, 5.74) is 0.694. The van der Waals surface area contributed by atoms with E-state index in [0.717, 1.165) is 6.07 Å². The van der Waals surface area contributed by atoms with Gasteiger partial charge in [-0.3, -0.25) is 4.79 Å². The van der Waals surface area contributed by atoms with Gasteiger partial charge >= 0.3 is 0 Å². The predicted molar refractivity (Wildman–Crippen MR) is 72.8 cm³/mol. The van der Waals surface area contributed by atoms with Crippen molar-refractivity contribution in [2.75, 3.05) is 7.11 Å². The summed E-state index contributed by atoms with van der Waals surface area (Å²) in [5.74, 6) is -0.440. The third-order valence-electron chi connectivity index (χ3n) is 2.60. The SMILES string of the molecule is COc1cc(C(=O)c2ccc(F)c(Cl)c2)ccc1Cl. The first-order valence-corrected chi connectivity index (χ1v) is 6.12. The summed E-state index contributed by atoms with van der Waals surface area (Å²) < 4.78 is 18.1. The molecule has 0 heterocycles. The lowest BCUT2D eigenvalue weighted by Crippen LogP contribution is -2.02. The maximum absolute atomic E-state index is 13.1. The number of methoxy groups -OCH3 is 1. The van der Waals surface area contributed by atoms with Crippen molar-refractivity contribution in [2.45, 2.75) is 0 Å². The van der Waals surface area contributed by atoms with Crippen molar-refractivity contribution >= 4 is 29.0 Å². The van der Waals surface area contributed by atoms with E-state index in [4.69, 9.17) is 27.9 Å². The highest BCUT2D eigenvalue weighted by molar-refractivity contribution is 6.32. The first-order valence-electron chi connectivity index (χ1n) is 5.36. The maximum Gasteiger partial charge on any atom is 0.193 e. The highest BCUT2D eigenvalue weighted by Crippen LogP contribution is 2.26. The molecule has 0 fully saturated rings. The molecule has 2 aromatic carbocycles. The van der Waals surface area contributed by atoms with E-state index >= 15 is 0 Å². The molecule has 0 atom stereocenters. The second kappa shape index (κ2) is 5.59. The van der Waals surface area contributed by atoms with E-state index in [-0.39, 0.29) is 10.8 Å². The van der Waals surface area contributed by atoms with Crippen LogP contribution in [0.15, 0.2) is 36.4 Å². The van der Waals surface area contributed by atoms with E-state index in [9.17, 15) is 9.18 Å². The number of ether oxygens (including phenoxy) is 1. The highest BCUT2D eigenvalue weighted by atomic mass is 35.5. The van der Waals surface area contributed by atoms with Crippen molar-refractivity contribution in [3.8, 4) is 5.75 Å². The van der Waals surface area contributed by atoms with Gasteiger partial charge in [0.2, 0.25) is 0 Å². The molecule has 0 N–H and O–H groups in total. The van der Waals surface area contributed by atoms with Gasteiger partial charge in [-0.15, -0.1) is 0 Å². The average molecular weight is 299 g/mol. The fourth-order valence-corrected chi connectivity index (χ4v) is 1.98. The minimum atomic E-state index is -0.563. The van der Waals surface area contributed by atoms with E-state index in [2.05, 4.69) is 0 Å². The van der Waals surface area contributed by atoms with Crippen molar-refractivity contribution in [1.29, 1.82) is 0 Å². The van der Waals surface area contributed by atoms with Crippen LogP contribution in [0.1, 0.15) is 15.9 Å². The van der Waals surface area contributed by atoms with Gasteiger partial charge in [0.25, 0.3) is 0 Å². The van der Waals surface area contributed by atoms with Gasteiger partial charge in [-0.2, -0.15) is 0 Å². The van der Waals surface area contributed by atoms with Crippen molar-refractivity contribution in [1.82, 2.24) is 0 Å². The zero-order valence-corrected chi connectivity index (χ0v) is 11.4. The lowest BCUT2D eigenvalue weighted by Gasteiger charge is -2.06. The molecule has 0 bridgehead atoms. The number of rotatable bonds is 3. The molecule has 0 aromatic heterocycles. The van der Waals surface area contributed by atoms with Crippen LogP contribution >= 0.6 is 23.2 Å². The summed E-state index contributed by atoms with van der Waals surface area (Å²) in [4.78, 5) is 12.2. The number of hydrogen-bond acceptors (Lipinski definition) is 2. The summed E-state index contributed by atoms with van der Waals surface area (Å²) >= 11 is 11.5. The van der Waals surface area contributed by atoms with Gasteiger partial charge in [-0.05, 0) is 36.4 Å². The number of carbonyl (C=O) groups is 1. The van der Waals surface area contributed by atoms with Gasteiger partial charge in [-0.25, -0.2) is 4.39 Å². The Bertz CT molecular complexity index is 641. The fourth-order valence-electron chi connectivity index (χ4n) is 1.61. The van der Waals surface area contributed by atoms with Crippen LogP contribution < -0.4 is 4.74 Å². The Morgan fingerprint density at radius 1 is 1.05 bits per heavy atom. The molecule has 0 aliphatic heterocycles. The number of benzene rings is 2. The highest BCUT2D eigenvalue weighted by Gasteiger charge is 2.13. The molecule has 0 aliphatic carbocycles. The van der Waals surface area contributed by atoms with Crippen LogP contribution in [0.4, 0.5) is 4.39 Å². The quantitative estimate of drug-likeness (QED) is 0.787. The number of halogens is 3. The van der Waals surface area contributed by atoms with Crippen molar-refractivity contribution in [3.05, 3.63) is 63.4 Å². The molecule has 19 heavy (non-hydrogen) atoms. The molecule has 0 aliphatic rings. The Hall–Kier alpha value is -1.58. The second-order valence-corrected chi connectivity index (χ2v) is 4.62. The molecule has 2 rings (SSSR count). The van der Waals surface area contributed by atoms with Crippen LogP contribution in [0.3, 0.4) is 0 Å². The number of ketones is 1. The summed E-state index contributed by atoms with van der Waals surface area (Å²) in [6, 6.07) is 8.50. The van der Waals surface area contributed by atoms with Crippen LogP contribution in [-0.4, -0.2) is 12.9 Å². The van der Waals surface area contributed by atoms with E-state index in [1.807, 2.05) is 0 Å². The molecular weight excluding hydrogens is 290 g/mol. The largest absolute Gasteiger partial charge is 0.495 e. The van der Waals surface area contributed by atoms with Crippen LogP contribution in [0.2, 0.25) is 10.0 Å². The molecule has 0 saturated heterocycles. The molecular formula is C14H9Cl2FO2. The Balaban J connectivity index is 2.41. The van der Waals surface area contributed by atoms with Crippen molar-refractivity contribution < 1.29 is 13.9 Å². The maximum atomic E-state index is 13.1. The smallest absolute Gasteiger partial charge is 0.193 e. The minimum absolute atomic E-state index is 0.0909. The monoisotopic (exact) mass is 298 g/mol. The van der Waals surface area contributed by atoms with Gasteiger partial charge in [-0.1, -0.05) is 23.2 Å². The van der Waals surface area contributed by atoms with Gasteiger partial charge < -0.3 is 4.74 Å². The minimum Gasteiger partial charge on any atom is -0.495 e. The van der Waals surface area contributed by atoms with Crippen LogP contribution in [0.25, 0.3) is 0 Å². The zero-order chi connectivity index (χ0) is 14.0. The lowest BCUT2D eigenvalue weighted by molar-refractivity contribution is 0.103. The molecule has 98 valence electrons. The standard InChI is InChI=1S/C14H9Cl2FO2/c1-19-13-7-9(2-4-10(13)15)14(18)8-3-5-12(17)11(16)6-8/h2-7H,1H3. The van der Waals surface area contributed by atoms with Gasteiger partial charge in [0.15, 0.2) is 5.78 Å². The van der Waals surface area contributed by atoms with Crippen LogP contribution in [0.5, 0.6) is 5.75 Å². The average Bonchev–Trinajstić information content (AvgIpc) is 2.41. The molecule has 0 amide bonds. The van der Waals surface area contributed by atoms with Crippen molar-refractivity contribution in [2.24, 2.45) is 0 Å². The van der Waals surface area contributed by atoms with Crippen molar-refractivity contribution in [3.63, 3.8) is 0 Å². The summed E-state index contributed by atoms with van der Waals surface area (Å²) in [6.45, 7) is 0. The second-order valence-electron chi connectivity index (χ2n) is 3.81. The third kappa shape index (κ3) is 2.88. The third-order valence-corrected chi connectivity index (χ3v) is 3.20. The lowest BCUT2D eigenvalue weighted by atomic mass is 10.0. The van der Waals surface area contributed by atoms with E-state index in [0.29, 0.717) is 21.9 Å². The molecule has 2 nitrogen and oxygen atoms in total. The Kier molecular flexibility index (Phi) is 4.08. The summed E-state index contributed by atoms with van der Waals surface area (Å²) in [7, 11) is 1.46. The number of carbonyl (C=O) groups excluding carboxylic acids is 1. The normalized spacial score (nSPS) is 10.3. The van der Waals surface area contributed by atoms with E-state index < -0.39 is 5.82 Å². The first-order chi connectivity index (χ1) is 9.02. The zero-order valence-electron chi connectivity index (χ0n) is 9.91. The Morgan fingerprint density at radius 2 is 1.68 bits per heavy atom. The molecule has 0 unspecified atom stereocenters. The van der Waals surface area contributed by atoms with Gasteiger partial charge in [0.05, 0.1) is 17.2 Å². The van der Waals surface area contributed by atoms with Gasteiger partial charge in [0.1, 0.15) is 11.6 Å².